The summed E-state index contributed by atoms with van der Waals surface area (Å²) in [5, 5.41) is 12.7. The average Bonchev–Trinajstić information content (AvgIpc) is 2.45. The van der Waals surface area contributed by atoms with Crippen molar-refractivity contribution in [3.63, 3.8) is 0 Å². The fraction of sp³-hybridized carbons (Fsp3) is 0.188. The van der Waals surface area contributed by atoms with Gasteiger partial charge < -0.3 is 15.2 Å². The van der Waals surface area contributed by atoms with Crippen molar-refractivity contribution in [2.75, 3.05) is 0 Å². The van der Waals surface area contributed by atoms with Crippen LogP contribution in [0.4, 0.5) is 0 Å². The van der Waals surface area contributed by atoms with Gasteiger partial charge in [0.05, 0.1) is 0 Å². The number of hydrogen-bond donors (Lipinski definition) is 2. The number of carbonyl (C=O) groups is 1. The maximum Gasteiger partial charge on any atom is 0.261 e. The molecule has 4 nitrogen and oxygen atoms in total. The van der Waals surface area contributed by atoms with Gasteiger partial charge in [-0.15, -0.1) is 0 Å². The molecular formula is C16H16ClNO3. The summed E-state index contributed by atoms with van der Waals surface area (Å²) in [5.41, 5.74) is 0.818. The van der Waals surface area contributed by atoms with Gasteiger partial charge in [0, 0.05) is 11.6 Å². The van der Waals surface area contributed by atoms with Gasteiger partial charge >= 0.3 is 0 Å². The molecule has 0 radical (unpaired) electrons. The first kappa shape index (κ1) is 15.2. The van der Waals surface area contributed by atoms with Gasteiger partial charge in [-0.05, 0) is 42.8 Å². The Kier molecular flexibility index (Phi) is 5.06. The molecule has 2 aromatic carbocycles. The van der Waals surface area contributed by atoms with Gasteiger partial charge in [-0.25, -0.2) is 0 Å². The molecule has 1 unspecified atom stereocenters. The summed E-state index contributed by atoms with van der Waals surface area (Å²) in [7, 11) is 0. The fourth-order valence-electron chi connectivity index (χ4n) is 1.80. The van der Waals surface area contributed by atoms with Crippen LogP contribution in [0.2, 0.25) is 5.02 Å². The molecule has 0 aliphatic rings. The molecule has 0 aliphatic heterocycles. The molecule has 0 spiro atoms. The monoisotopic (exact) mass is 305 g/mol. The van der Waals surface area contributed by atoms with Gasteiger partial charge in [0.15, 0.2) is 6.10 Å². The average molecular weight is 306 g/mol. The van der Waals surface area contributed by atoms with Gasteiger partial charge in [-0.3, -0.25) is 4.79 Å². The predicted molar refractivity (Wildman–Crippen MR) is 81.5 cm³/mol. The van der Waals surface area contributed by atoms with Gasteiger partial charge in [0.25, 0.3) is 5.91 Å². The molecule has 2 rings (SSSR count). The molecule has 0 fully saturated rings. The lowest BCUT2D eigenvalue weighted by atomic mass is 10.2. The highest BCUT2D eigenvalue weighted by Gasteiger charge is 2.14. The third-order valence-electron chi connectivity index (χ3n) is 2.86. The molecule has 2 aromatic rings. The molecule has 5 heteroatoms. The van der Waals surface area contributed by atoms with Crippen molar-refractivity contribution in [3.05, 3.63) is 59.1 Å². The van der Waals surface area contributed by atoms with Crippen LogP contribution in [-0.2, 0) is 11.3 Å². The van der Waals surface area contributed by atoms with E-state index in [0.717, 1.165) is 5.56 Å². The zero-order valence-electron chi connectivity index (χ0n) is 11.5. The minimum Gasteiger partial charge on any atom is -0.508 e. The largest absolute Gasteiger partial charge is 0.508 e. The molecule has 1 atom stereocenters. The van der Waals surface area contributed by atoms with Crippen molar-refractivity contribution in [1.82, 2.24) is 5.32 Å². The molecule has 0 aliphatic carbocycles. The number of amides is 1. The first-order valence-corrected chi connectivity index (χ1v) is 6.90. The Morgan fingerprint density at radius 1 is 1.29 bits per heavy atom. The zero-order valence-corrected chi connectivity index (χ0v) is 12.3. The lowest BCUT2D eigenvalue weighted by Crippen LogP contribution is -2.35. The summed E-state index contributed by atoms with van der Waals surface area (Å²) in [6.07, 6.45) is -0.638. The van der Waals surface area contributed by atoms with Crippen LogP contribution in [0.15, 0.2) is 48.5 Å². The number of carbonyl (C=O) groups excluding carboxylic acids is 1. The van der Waals surface area contributed by atoms with Crippen LogP contribution in [0, 0.1) is 0 Å². The third-order valence-corrected chi connectivity index (χ3v) is 3.09. The number of aromatic hydroxyl groups is 1. The maximum absolute atomic E-state index is 12.0. The van der Waals surface area contributed by atoms with E-state index in [-0.39, 0.29) is 11.7 Å². The number of rotatable bonds is 5. The Morgan fingerprint density at radius 2 is 2.05 bits per heavy atom. The highest BCUT2D eigenvalue weighted by Crippen LogP contribution is 2.18. The number of hydrogen-bond acceptors (Lipinski definition) is 3. The van der Waals surface area contributed by atoms with Gasteiger partial charge in [-0.1, -0.05) is 29.8 Å². The van der Waals surface area contributed by atoms with Crippen LogP contribution in [0.1, 0.15) is 12.5 Å². The Hall–Kier alpha value is -2.20. The molecule has 1 amide bonds. The normalized spacial score (nSPS) is 11.7. The zero-order chi connectivity index (χ0) is 15.2. The van der Waals surface area contributed by atoms with Crippen LogP contribution in [0.25, 0.3) is 0 Å². The molecule has 110 valence electrons. The Morgan fingerprint density at radius 3 is 2.76 bits per heavy atom. The molecule has 0 saturated heterocycles. The minimum atomic E-state index is -0.638. The van der Waals surface area contributed by atoms with E-state index < -0.39 is 6.10 Å². The first-order valence-electron chi connectivity index (χ1n) is 6.52. The standard InChI is InChI=1S/C16H16ClNO3/c1-11(21-15-7-3-5-13(17)9-15)16(20)18-10-12-4-2-6-14(19)8-12/h2-9,11,19H,10H2,1H3,(H,18,20). The molecule has 0 aromatic heterocycles. The number of nitrogens with one attached hydrogen (secondary N) is 1. The molecule has 0 saturated carbocycles. The van der Waals surface area contributed by atoms with E-state index >= 15 is 0 Å². The maximum atomic E-state index is 12.0. The van der Waals surface area contributed by atoms with Crippen LogP contribution < -0.4 is 10.1 Å². The van der Waals surface area contributed by atoms with E-state index in [1.54, 1.807) is 49.4 Å². The highest BCUT2D eigenvalue weighted by atomic mass is 35.5. The summed E-state index contributed by atoms with van der Waals surface area (Å²) in [5.74, 6) is 0.478. The Bertz CT molecular complexity index is 630. The van der Waals surface area contributed by atoms with E-state index in [9.17, 15) is 9.90 Å². The number of phenolic OH excluding ortho intramolecular Hbond substituents is 1. The summed E-state index contributed by atoms with van der Waals surface area (Å²) >= 11 is 5.86. The highest BCUT2D eigenvalue weighted by molar-refractivity contribution is 6.30. The SMILES string of the molecule is CC(Oc1cccc(Cl)c1)C(=O)NCc1cccc(O)c1. The smallest absolute Gasteiger partial charge is 0.261 e. The van der Waals surface area contributed by atoms with E-state index in [0.29, 0.717) is 17.3 Å². The van der Waals surface area contributed by atoms with Crippen LogP contribution in [0.3, 0.4) is 0 Å². The number of benzene rings is 2. The Balaban J connectivity index is 1.88. The summed E-state index contributed by atoms with van der Waals surface area (Å²) in [6, 6.07) is 13.6. The number of halogens is 1. The summed E-state index contributed by atoms with van der Waals surface area (Å²) in [6.45, 7) is 2.00. The predicted octanol–water partition coefficient (Wildman–Crippen LogP) is 3.13. The van der Waals surface area contributed by atoms with E-state index in [1.165, 1.54) is 0 Å². The quantitative estimate of drug-likeness (QED) is 0.892. The summed E-state index contributed by atoms with van der Waals surface area (Å²) in [4.78, 5) is 12.0. The van der Waals surface area contributed by atoms with Crippen LogP contribution >= 0.6 is 11.6 Å². The lowest BCUT2D eigenvalue weighted by molar-refractivity contribution is -0.127. The molecular weight excluding hydrogens is 290 g/mol. The number of phenols is 1. The van der Waals surface area contributed by atoms with E-state index in [2.05, 4.69) is 5.32 Å². The minimum absolute atomic E-state index is 0.171. The van der Waals surface area contributed by atoms with Crippen molar-refractivity contribution < 1.29 is 14.6 Å². The Labute approximate surface area is 128 Å². The van der Waals surface area contributed by atoms with Crippen molar-refractivity contribution in [2.24, 2.45) is 0 Å². The molecule has 2 N–H and O–H groups in total. The summed E-state index contributed by atoms with van der Waals surface area (Å²) < 4.78 is 5.52. The van der Waals surface area contributed by atoms with Crippen molar-refractivity contribution in [2.45, 2.75) is 19.6 Å². The third kappa shape index (κ3) is 4.68. The lowest BCUT2D eigenvalue weighted by Gasteiger charge is -2.15. The molecule has 0 heterocycles. The fourth-order valence-corrected chi connectivity index (χ4v) is 1.98. The topological polar surface area (TPSA) is 58.6 Å². The van der Waals surface area contributed by atoms with E-state index in [4.69, 9.17) is 16.3 Å². The second kappa shape index (κ2) is 6.99. The number of ether oxygens (including phenoxy) is 1. The second-order valence-electron chi connectivity index (χ2n) is 4.61. The van der Waals surface area contributed by atoms with Gasteiger partial charge in [0.2, 0.25) is 0 Å². The molecule has 21 heavy (non-hydrogen) atoms. The second-order valence-corrected chi connectivity index (χ2v) is 5.04. The van der Waals surface area contributed by atoms with Gasteiger partial charge in [-0.2, -0.15) is 0 Å². The van der Waals surface area contributed by atoms with Crippen molar-refractivity contribution in [1.29, 1.82) is 0 Å². The van der Waals surface area contributed by atoms with Crippen LogP contribution in [-0.4, -0.2) is 17.1 Å². The van der Waals surface area contributed by atoms with Crippen LogP contribution in [0.5, 0.6) is 11.5 Å². The van der Waals surface area contributed by atoms with E-state index in [1.807, 2.05) is 6.07 Å². The molecule has 0 bridgehead atoms. The van der Waals surface area contributed by atoms with Crippen molar-refractivity contribution in [3.8, 4) is 11.5 Å². The van der Waals surface area contributed by atoms with Gasteiger partial charge in [0.1, 0.15) is 11.5 Å². The first-order chi connectivity index (χ1) is 10.0. The van der Waals surface area contributed by atoms with Crippen molar-refractivity contribution >= 4 is 17.5 Å².